The molecular weight excluding hydrogens is 412 g/mol. The fourth-order valence-electron chi connectivity index (χ4n) is 3.28. The van der Waals surface area contributed by atoms with Gasteiger partial charge in [-0.2, -0.15) is 5.10 Å². The first-order chi connectivity index (χ1) is 15.5. The third-order valence-electron chi connectivity index (χ3n) is 5.04. The highest BCUT2D eigenvalue weighted by molar-refractivity contribution is 6.17. The number of hydrogen-bond acceptors (Lipinski definition) is 6. The monoisotopic (exact) mass is 433 g/mol. The van der Waals surface area contributed by atoms with Gasteiger partial charge in [-0.15, -0.1) is 0 Å². The lowest BCUT2D eigenvalue weighted by molar-refractivity contribution is 0.508. The maximum absolute atomic E-state index is 13.6. The van der Waals surface area contributed by atoms with E-state index in [-0.39, 0.29) is 11.3 Å². The molecule has 3 heterocycles. The molecule has 0 fully saturated rings. The molecule has 7 nitrogen and oxygen atoms in total. The molecule has 3 aromatic heterocycles. The summed E-state index contributed by atoms with van der Waals surface area (Å²) in [6.45, 7) is 1.55. The van der Waals surface area contributed by atoms with Crippen LogP contribution in [-0.2, 0) is 6.54 Å². The number of rotatable bonds is 7. The van der Waals surface area contributed by atoms with Gasteiger partial charge in [-0.3, -0.25) is 9.67 Å². The smallest absolute Gasteiger partial charge is 0.159 e. The fourth-order valence-corrected chi connectivity index (χ4v) is 3.28. The Morgan fingerprint density at radius 3 is 2.69 bits per heavy atom. The summed E-state index contributed by atoms with van der Waals surface area (Å²) < 4.78 is 28.8. The number of aromatic nitrogens is 4. The molecule has 0 saturated carbocycles. The average molecular weight is 433 g/mol. The Labute approximate surface area is 183 Å². The van der Waals surface area contributed by atoms with Crippen LogP contribution in [0.3, 0.4) is 0 Å². The lowest BCUT2D eigenvalue weighted by Crippen LogP contribution is -2.14. The summed E-state index contributed by atoms with van der Waals surface area (Å²) in [6.07, 6.45) is 6.51. The Balaban J connectivity index is 1.73. The first-order valence-electron chi connectivity index (χ1n) is 9.90. The minimum Gasteiger partial charge on any atom is -0.398 e. The lowest BCUT2D eigenvalue weighted by atomic mass is 10.0. The molecule has 1 aromatic carbocycles. The van der Waals surface area contributed by atoms with Crippen molar-refractivity contribution in [2.24, 2.45) is 5.73 Å². The van der Waals surface area contributed by atoms with Gasteiger partial charge in [0.25, 0.3) is 0 Å². The highest BCUT2D eigenvalue weighted by Gasteiger charge is 2.12. The van der Waals surface area contributed by atoms with Crippen LogP contribution in [0, 0.1) is 17.0 Å². The normalized spacial score (nSPS) is 12.1. The Hall–Kier alpha value is -3.98. The summed E-state index contributed by atoms with van der Waals surface area (Å²) in [4.78, 5) is 9.09. The van der Waals surface area contributed by atoms with Crippen molar-refractivity contribution in [3.05, 3.63) is 77.9 Å². The zero-order valence-corrected chi connectivity index (χ0v) is 17.3. The van der Waals surface area contributed by atoms with Crippen molar-refractivity contribution in [2.45, 2.75) is 6.54 Å². The number of fused-ring (bicyclic) bond motifs is 1. The summed E-state index contributed by atoms with van der Waals surface area (Å²) in [5, 5.41) is 15.3. The van der Waals surface area contributed by atoms with Crippen LogP contribution >= 0.6 is 0 Å². The van der Waals surface area contributed by atoms with Crippen molar-refractivity contribution >= 4 is 28.5 Å². The van der Waals surface area contributed by atoms with E-state index in [1.165, 1.54) is 6.07 Å². The Kier molecular flexibility index (Phi) is 6.00. The van der Waals surface area contributed by atoms with E-state index < -0.39 is 11.6 Å². The van der Waals surface area contributed by atoms with Crippen LogP contribution in [-0.4, -0.2) is 39.6 Å². The van der Waals surface area contributed by atoms with Gasteiger partial charge in [-0.1, -0.05) is 0 Å². The second-order valence-electron chi connectivity index (χ2n) is 7.15. The maximum Gasteiger partial charge on any atom is 0.159 e. The second-order valence-corrected chi connectivity index (χ2v) is 7.15. The van der Waals surface area contributed by atoms with Crippen molar-refractivity contribution in [3.63, 3.8) is 0 Å². The van der Waals surface area contributed by atoms with Gasteiger partial charge in [-0.05, 0) is 43.4 Å². The van der Waals surface area contributed by atoms with Crippen LogP contribution in [0.5, 0.6) is 0 Å². The molecule has 0 unspecified atom stereocenters. The van der Waals surface area contributed by atoms with Crippen molar-refractivity contribution in [1.82, 2.24) is 25.1 Å². The van der Waals surface area contributed by atoms with Gasteiger partial charge in [0.2, 0.25) is 0 Å². The first kappa shape index (κ1) is 21.3. The third kappa shape index (κ3) is 4.23. The lowest BCUT2D eigenvalue weighted by Gasteiger charge is -2.09. The number of benzene rings is 1. The van der Waals surface area contributed by atoms with Crippen LogP contribution in [0.15, 0.2) is 55.0 Å². The molecule has 4 N–H and O–H groups in total. The van der Waals surface area contributed by atoms with E-state index in [9.17, 15) is 8.78 Å². The molecule has 0 radical (unpaired) electrons. The minimum absolute atomic E-state index is 0.126. The van der Waals surface area contributed by atoms with Crippen LogP contribution in [0.1, 0.15) is 11.3 Å². The van der Waals surface area contributed by atoms with E-state index in [2.05, 4.69) is 20.4 Å². The molecule has 32 heavy (non-hydrogen) atoms. The zero-order valence-electron chi connectivity index (χ0n) is 17.3. The Morgan fingerprint density at radius 2 is 1.94 bits per heavy atom. The molecule has 0 aliphatic heterocycles. The van der Waals surface area contributed by atoms with Gasteiger partial charge in [0.15, 0.2) is 11.6 Å². The van der Waals surface area contributed by atoms with Crippen molar-refractivity contribution in [3.8, 4) is 11.1 Å². The van der Waals surface area contributed by atoms with Gasteiger partial charge in [0.1, 0.15) is 0 Å². The predicted molar refractivity (Wildman–Crippen MR) is 121 cm³/mol. The van der Waals surface area contributed by atoms with E-state index in [1.807, 2.05) is 24.0 Å². The molecule has 4 aromatic rings. The van der Waals surface area contributed by atoms with Gasteiger partial charge in [0.05, 0.1) is 29.5 Å². The average Bonchev–Trinajstić information content (AvgIpc) is 3.28. The minimum atomic E-state index is -1.01. The fraction of sp³-hybridized carbons (Fsp3) is 0.130. The first-order valence-corrected chi connectivity index (χ1v) is 9.90. The summed E-state index contributed by atoms with van der Waals surface area (Å²) in [5.74, 6) is -1.97. The number of hydrogen-bond donors (Lipinski definition) is 3. The van der Waals surface area contributed by atoms with Crippen LogP contribution in [0.2, 0.25) is 0 Å². The molecule has 0 atom stereocenters. The van der Waals surface area contributed by atoms with E-state index >= 15 is 0 Å². The van der Waals surface area contributed by atoms with Gasteiger partial charge in [-0.25, -0.2) is 13.8 Å². The van der Waals surface area contributed by atoms with Gasteiger partial charge in [0, 0.05) is 53.1 Å². The number of likely N-dealkylation sites (N-methyl/N-ethyl adjacent to an activating group) is 1. The van der Waals surface area contributed by atoms with Crippen molar-refractivity contribution in [1.29, 1.82) is 5.41 Å². The number of halogens is 2. The number of allylic oxidation sites excluding steroid dienone is 1. The van der Waals surface area contributed by atoms with E-state index in [0.717, 1.165) is 42.6 Å². The Bertz CT molecular complexity index is 1330. The molecular formula is C23H21F2N7. The van der Waals surface area contributed by atoms with Crippen LogP contribution in [0.4, 0.5) is 8.78 Å². The number of nitrogens with two attached hydrogens (primary N) is 1. The quantitative estimate of drug-likeness (QED) is 0.387. The van der Waals surface area contributed by atoms with Crippen molar-refractivity contribution in [2.75, 3.05) is 13.6 Å². The number of nitrogens with zero attached hydrogens (tertiary/aromatic N) is 4. The van der Waals surface area contributed by atoms with Gasteiger partial charge >= 0.3 is 0 Å². The zero-order chi connectivity index (χ0) is 22.7. The summed E-state index contributed by atoms with van der Waals surface area (Å²) >= 11 is 0. The molecule has 0 amide bonds. The Morgan fingerprint density at radius 1 is 1.09 bits per heavy atom. The second kappa shape index (κ2) is 9.03. The standard InChI is InChI=1S/C23H21F2N7/c1-28-6-7-32-13-16(12-30-32)15-9-22-21(29-11-15)5-4-20(31-22)17(10-26)23(27)14-2-3-18(24)19(25)8-14/h2-5,8-13,26,28H,6-7,27H2,1H3. The molecule has 0 saturated heterocycles. The van der Waals surface area contributed by atoms with Crippen molar-refractivity contribution < 1.29 is 8.78 Å². The number of nitrogens with one attached hydrogen (secondary N) is 2. The van der Waals surface area contributed by atoms with E-state index in [4.69, 9.17) is 11.1 Å². The molecule has 0 aliphatic carbocycles. The summed E-state index contributed by atoms with van der Waals surface area (Å²) in [5.41, 5.74) is 10.3. The van der Waals surface area contributed by atoms with E-state index in [0.29, 0.717) is 22.3 Å². The molecule has 4 rings (SSSR count). The summed E-state index contributed by atoms with van der Waals surface area (Å²) in [7, 11) is 1.89. The van der Waals surface area contributed by atoms with Crippen LogP contribution in [0.25, 0.3) is 33.4 Å². The molecule has 0 spiro atoms. The maximum atomic E-state index is 13.6. The third-order valence-corrected chi connectivity index (χ3v) is 5.04. The SMILES string of the molecule is CNCCn1cc(-c2cnc3ccc(C(C=N)=C(N)c4ccc(F)c(F)c4)nc3c2)cn1. The highest BCUT2D eigenvalue weighted by Crippen LogP contribution is 2.25. The summed E-state index contributed by atoms with van der Waals surface area (Å²) in [6, 6.07) is 8.72. The molecule has 9 heteroatoms. The number of pyridine rings is 2. The topological polar surface area (TPSA) is 106 Å². The predicted octanol–water partition coefficient (Wildman–Crippen LogP) is 3.47. The molecule has 162 valence electrons. The largest absolute Gasteiger partial charge is 0.398 e. The highest BCUT2D eigenvalue weighted by atomic mass is 19.2. The molecule has 0 bridgehead atoms. The molecule has 0 aliphatic rings. The van der Waals surface area contributed by atoms with Crippen LogP contribution < -0.4 is 11.1 Å². The van der Waals surface area contributed by atoms with Gasteiger partial charge < -0.3 is 16.5 Å². The van der Waals surface area contributed by atoms with E-state index in [1.54, 1.807) is 24.5 Å².